The van der Waals surface area contributed by atoms with Crippen LogP contribution in [-0.2, 0) is 0 Å². The van der Waals surface area contributed by atoms with Crippen LogP contribution in [0.4, 0.5) is 5.69 Å². The van der Waals surface area contributed by atoms with Crippen molar-refractivity contribution in [2.45, 2.75) is 32.4 Å². The number of carbonyl (C=O) groups excluding carboxylic acids is 1. The molecule has 138 valence electrons. The average Bonchev–Trinajstić information content (AvgIpc) is 3.38. The third-order valence-corrected chi connectivity index (χ3v) is 5.46. The first-order valence-corrected chi connectivity index (χ1v) is 9.24. The highest BCUT2D eigenvalue weighted by Crippen LogP contribution is 2.38. The van der Waals surface area contributed by atoms with Crippen molar-refractivity contribution in [2.75, 3.05) is 11.4 Å². The number of benzene rings is 1. The molecule has 3 aromatic rings. The summed E-state index contributed by atoms with van der Waals surface area (Å²) in [6.07, 6.45) is 4.10. The van der Waals surface area contributed by atoms with E-state index in [1.165, 1.54) is 12.8 Å². The summed E-state index contributed by atoms with van der Waals surface area (Å²) in [7, 11) is 0. The number of imidazole rings is 1. The van der Waals surface area contributed by atoms with E-state index >= 15 is 0 Å². The maximum Gasteiger partial charge on any atom is 0.332 e. The molecule has 1 amide bonds. The number of carbonyl (C=O) groups is 1. The van der Waals surface area contributed by atoms with E-state index in [-0.39, 0.29) is 11.6 Å². The lowest BCUT2D eigenvalue weighted by molar-refractivity contribution is 0.0897. The molecule has 27 heavy (non-hydrogen) atoms. The first-order valence-electron chi connectivity index (χ1n) is 9.24. The minimum atomic E-state index is -0.474. The number of nitrogens with zero attached hydrogens (tertiary/aromatic N) is 3. The Morgan fingerprint density at radius 2 is 2.04 bits per heavy atom. The molecule has 5 rings (SSSR count). The zero-order valence-electron chi connectivity index (χ0n) is 15.3. The van der Waals surface area contributed by atoms with Crippen molar-refractivity contribution in [3.05, 3.63) is 52.6 Å². The molecule has 0 saturated heterocycles. The number of pyridine rings is 1. The molecule has 7 nitrogen and oxygen atoms in total. The van der Waals surface area contributed by atoms with Crippen LogP contribution < -0.4 is 15.9 Å². The van der Waals surface area contributed by atoms with Crippen molar-refractivity contribution in [3.63, 3.8) is 0 Å². The fourth-order valence-electron chi connectivity index (χ4n) is 3.87. The normalized spacial score (nSPS) is 18.4. The SMILES string of the molecule is CC1(C)NC(=O)c2ccc(-n3c(=O)[nH]c4ncccc43)cc2N1CC1CC1. The van der Waals surface area contributed by atoms with Gasteiger partial charge in [-0.2, -0.15) is 0 Å². The van der Waals surface area contributed by atoms with Crippen LogP contribution >= 0.6 is 0 Å². The molecule has 7 heteroatoms. The van der Waals surface area contributed by atoms with Gasteiger partial charge in [0.2, 0.25) is 0 Å². The second-order valence-corrected chi connectivity index (χ2v) is 7.91. The summed E-state index contributed by atoms with van der Waals surface area (Å²) in [5, 5.41) is 3.09. The van der Waals surface area contributed by atoms with Gasteiger partial charge in [-0.1, -0.05) is 0 Å². The fraction of sp³-hybridized carbons (Fsp3) is 0.350. The number of rotatable bonds is 3. The van der Waals surface area contributed by atoms with Gasteiger partial charge in [0, 0.05) is 12.7 Å². The van der Waals surface area contributed by atoms with Gasteiger partial charge in [-0.3, -0.25) is 14.3 Å². The van der Waals surface area contributed by atoms with Gasteiger partial charge in [0.25, 0.3) is 5.91 Å². The van der Waals surface area contributed by atoms with Gasteiger partial charge >= 0.3 is 5.69 Å². The van der Waals surface area contributed by atoms with Gasteiger partial charge in [0.15, 0.2) is 5.65 Å². The Hall–Kier alpha value is -3.09. The zero-order chi connectivity index (χ0) is 18.8. The number of hydrogen-bond donors (Lipinski definition) is 2. The van der Waals surface area contributed by atoms with Crippen molar-refractivity contribution < 1.29 is 4.79 Å². The predicted octanol–water partition coefficient (Wildman–Crippen LogP) is 2.41. The Bertz CT molecular complexity index is 1120. The lowest BCUT2D eigenvalue weighted by Gasteiger charge is -2.45. The Morgan fingerprint density at radius 3 is 2.81 bits per heavy atom. The predicted molar refractivity (Wildman–Crippen MR) is 103 cm³/mol. The molecule has 0 atom stereocenters. The summed E-state index contributed by atoms with van der Waals surface area (Å²) in [6.45, 7) is 4.93. The van der Waals surface area contributed by atoms with Gasteiger partial charge in [-0.25, -0.2) is 9.78 Å². The maximum absolute atomic E-state index is 12.6. The summed E-state index contributed by atoms with van der Waals surface area (Å²) >= 11 is 0. The molecular weight excluding hydrogens is 342 g/mol. The molecule has 2 aromatic heterocycles. The van der Waals surface area contributed by atoms with E-state index in [0.717, 1.165) is 23.4 Å². The second kappa shape index (κ2) is 5.45. The van der Waals surface area contributed by atoms with Crippen molar-refractivity contribution in [1.82, 2.24) is 19.9 Å². The Balaban J connectivity index is 1.70. The molecule has 0 bridgehead atoms. The Morgan fingerprint density at radius 1 is 1.22 bits per heavy atom. The minimum absolute atomic E-state index is 0.0819. The lowest BCUT2D eigenvalue weighted by Crippen LogP contribution is -2.61. The highest BCUT2D eigenvalue weighted by molar-refractivity contribution is 6.03. The van der Waals surface area contributed by atoms with Crippen LogP contribution in [0.25, 0.3) is 16.9 Å². The number of amides is 1. The van der Waals surface area contributed by atoms with E-state index in [1.54, 1.807) is 22.9 Å². The monoisotopic (exact) mass is 363 g/mol. The van der Waals surface area contributed by atoms with E-state index in [4.69, 9.17) is 0 Å². The zero-order valence-corrected chi connectivity index (χ0v) is 15.3. The number of hydrogen-bond acceptors (Lipinski definition) is 4. The molecule has 1 aliphatic heterocycles. The third kappa shape index (κ3) is 2.53. The molecule has 1 aromatic carbocycles. The van der Waals surface area contributed by atoms with Crippen LogP contribution in [0.1, 0.15) is 37.0 Å². The molecule has 1 aliphatic carbocycles. The number of anilines is 1. The largest absolute Gasteiger partial charge is 0.348 e. The Labute approximate surface area is 156 Å². The maximum atomic E-state index is 12.6. The van der Waals surface area contributed by atoms with E-state index in [0.29, 0.717) is 17.1 Å². The van der Waals surface area contributed by atoms with Crippen molar-refractivity contribution in [2.24, 2.45) is 5.92 Å². The van der Waals surface area contributed by atoms with Crippen LogP contribution in [0.15, 0.2) is 41.3 Å². The fourth-order valence-corrected chi connectivity index (χ4v) is 3.87. The number of H-pyrrole nitrogens is 1. The van der Waals surface area contributed by atoms with E-state index < -0.39 is 5.66 Å². The van der Waals surface area contributed by atoms with Gasteiger partial charge in [0.05, 0.1) is 22.5 Å². The van der Waals surface area contributed by atoms with Gasteiger partial charge in [-0.05, 0) is 62.9 Å². The van der Waals surface area contributed by atoms with E-state index in [9.17, 15) is 9.59 Å². The summed E-state index contributed by atoms with van der Waals surface area (Å²) < 4.78 is 1.61. The van der Waals surface area contributed by atoms with Crippen molar-refractivity contribution in [1.29, 1.82) is 0 Å². The third-order valence-electron chi connectivity index (χ3n) is 5.46. The van der Waals surface area contributed by atoms with Crippen LogP contribution in [0, 0.1) is 5.92 Å². The van der Waals surface area contributed by atoms with Crippen LogP contribution in [0.3, 0.4) is 0 Å². The molecule has 3 heterocycles. The van der Waals surface area contributed by atoms with Crippen LogP contribution in [-0.4, -0.2) is 32.6 Å². The first kappa shape index (κ1) is 16.1. The minimum Gasteiger partial charge on any atom is -0.348 e. The molecule has 0 spiro atoms. The summed E-state index contributed by atoms with van der Waals surface area (Å²) in [4.78, 5) is 34.4. The van der Waals surface area contributed by atoms with Crippen molar-refractivity contribution in [3.8, 4) is 5.69 Å². The summed E-state index contributed by atoms with van der Waals surface area (Å²) in [5.41, 5.74) is 2.80. The summed E-state index contributed by atoms with van der Waals surface area (Å²) in [5.74, 6) is 0.581. The molecule has 1 saturated carbocycles. The van der Waals surface area contributed by atoms with Gasteiger partial charge in [-0.15, -0.1) is 0 Å². The van der Waals surface area contributed by atoms with Crippen LogP contribution in [0.5, 0.6) is 0 Å². The molecule has 2 aliphatic rings. The highest BCUT2D eigenvalue weighted by atomic mass is 16.2. The van der Waals surface area contributed by atoms with Gasteiger partial charge in [0.1, 0.15) is 5.66 Å². The van der Waals surface area contributed by atoms with Gasteiger partial charge < -0.3 is 10.2 Å². The first-order chi connectivity index (χ1) is 12.9. The Kier molecular flexibility index (Phi) is 3.25. The number of nitrogens with one attached hydrogen (secondary N) is 2. The average molecular weight is 363 g/mol. The second-order valence-electron chi connectivity index (χ2n) is 7.91. The molecule has 0 unspecified atom stereocenters. The number of aromatic nitrogens is 3. The van der Waals surface area contributed by atoms with Crippen LogP contribution in [0.2, 0.25) is 0 Å². The summed E-state index contributed by atoms with van der Waals surface area (Å²) in [6, 6.07) is 9.23. The topological polar surface area (TPSA) is 83.0 Å². The molecular formula is C20H21N5O2. The molecule has 0 radical (unpaired) electrons. The standard InChI is InChI=1S/C20H21N5O2/c1-20(2)23-18(26)14-8-7-13(10-16(14)24(20)11-12-5-6-12)25-15-4-3-9-21-17(15)22-19(25)27/h3-4,7-10,12H,5-6,11H2,1-2H3,(H,23,26)(H,21,22,27). The van der Waals surface area contributed by atoms with E-state index in [1.807, 2.05) is 32.0 Å². The molecule has 1 fully saturated rings. The smallest absolute Gasteiger partial charge is 0.332 e. The van der Waals surface area contributed by atoms with Crippen molar-refractivity contribution >= 4 is 22.8 Å². The number of fused-ring (bicyclic) bond motifs is 2. The lowest BCUT2D eigenvalue weighted by atomic mass is 10.0. The highest BCUT2D eigenvalue weighted by Gasteiger charge is 2.39. The van der Waals surface area contributed by atoms with E-state index in [2.05, 4.69) is 20.2 Å². The number of aromatic amines is 1. The molecule has 2 N–H and O–H groups in total. The quantitative estimate of drug-likeness (QED) is 0.749.